The number of hydrogen-bond acceptors (Lipinski definition) is 5. The Kier molecular flexibility index (Phi) is 5.85. The van der Waals surface area contributed by atoms with Gasteiger partial charge in [-0.2, -0.15) is 22.0 Å². The van der Waals surface area contributed by atoms with Gasteiger partial charge in [-0.05, 0) is 30.9 Å². The number of nitrogens with one attached hydrogen (secondary N) is 3. The lowest BCUT2D eigenvalue weighted by atomic mass is 9.70. The molecule has 1 heterocycles. The van der Waals surface area contributed by atoms with Crippen molar-refractivity contribution in [3.05, 3.63) is 53.3 Å². The van der Waals surface area contributed by atoms with Crippen LogP contribution in [0.25, 0.3) is 0 Å². The first-order chi connectivity index (χ1) is 14.1. The molecule has 1 aliphatic rings. The highest BCUT2D eigenvalue weighted by molar-refractivity contribution is 5.95. The standard InChI is InChI=1S/C18H16F5N5O2/c19-13(20)15(30)28-27-14(29)10-8-24-16(25-9-10)26-17(6-3-7-17)11-4-1-2-5-12(11)18(21,22)23/h1-2,4-5,8-9,13H,3,6-7H2,(H,27,29)(H,28,30)(H,24,25,26). The fourth-order valence-corrected chi connectivity index (χ4v) is 3.11. The van der Waals surface area contributed by atoms with Gasteiger partial charge in [-0.15, -0.1) is 0 Å². The van der Waals surface area contributed by atoms with E-state index in [9.17, 15) is 31.5 Å². The van der Waals surface area contributed by atoms with Crippen molar-refractivity contribution in [2.75, 3.05) is 5.32 Å². The summed E-state index contributed by atoms with van der Waals surface area (Å²) in [4.78, 5) is 30.4. The number of amides is 2. The number of hydrogen-bond donors (Lipinski definition) is 3. The van der Waals surface area contributed by atoms with Gasteiger partial charge in [-0.3, -0.25) is 20.4 Å². The van der Waals surface area contributed by atoms with Crippen LogP contribution in [0.2, 0.25) is 0 Å². The number of carbonyl (C=O) groups is 2. The predicted molar refractivity (Wildman–Crippen MR) is 94.2 cm³/mol. The molecule has 0 aliphatic heterocycles. The normalized spacial score (nSPS) is 15.3. The van der Waals surface area contributed by atoms with E-state index in [-0.39, 0.29) is 17.1 Å². The molecule has 1 fully saturated rings. The summed E-state index contributed by atoms with van der Waals surface area (Å²) in [6.07, 6.45) is -4.12. The lowest BCUT2D eigenvalue weighted by Gasteiger charge is -2.44. The second-order valence-corrected chi connectivity index (χ2v) is 6.64. The summed E-state index contributed by atoms with van der Waals surface area (Å²) in [7, 11) is 0. The third-order valence-electron chi connectivity index (χ3n) is 4.72. The molecule has 0 unspecified atom stereocenters. The van der Waals surface area contributed by atoms with Crippen LogP contribution in [0.5, 0.6) is 0 Å². The molecule has 7 nitrogen and oxygen atoms in total. The van der Waals surface area contributed by atoms with Crippen molar-refractivity contribution in [1.29, 1.82) is 0 Å². The van der Waals surface area contributed by atoms with Crippen molar-refractivity contribution in [2.24, 2.45) is 0 Å². The Bertz CT molecular complexity index is 929. The van der Waals surface area contributed by atoms with Crippen LogP contribution in [-0.4, -0.2) is 28.2 Å². The van der Waals surface area contributed by atoms with E-state index in [2.05, 4.69) is 15.3 Å². The molecule has 3 N–H and O–H groups in total. The Morgan fingerprint density at radius 1 is 1.03 bits per heavy atom. The van der Waals surface area contributed by atoms with Gasteiger partial charge in [0, 0.05) is 12.4 Å². The molecule has 0 atom stereocenters. The lowest BCUT2D eigenvalue weighted by molar-refractivity contribution is -0.139. The van der Waals surface area contributed by atoms with E-state index in [1.807, 2.05) is 0 Å². The quantitative estimate of drug-likeness (QED) is 0.502. The zero-order valence-electron chi connectivity index (χ0n) is 15.3. The fourth-order valence-electron chi connectivity index (χ4n) is 3.11. The molecule has 1 aliphatic carbocycles. The number of carbonyl (C=O) groups excluding carboxylic acids is 2. The summed E-state index contributed by atoms with van der Waals surface area (Å²) in [6.45, 7) is 0. The topological polar surface area (TPSA) is 96.0 Å². The third kappa shape index (κ3) is 4.47. The molecule has 30 heavy (non-hydrogen) atoms. The zero-order valence-corrected chi connectivity index (χ0v) is 15.3. The highest BCUT2D eigenvalue weighted by Gasteiger charge is 2.45. The summed E-state index contributed by atoms with van der Waals surface area (Å²) in [5, 5.41) is 2.93. The van der Waals surface area contributed by atoms with Gasteiger partial charge < -0.3 is 5.32 Å². The maximum Gasteiger partial charge on any atom is 0.416 e. The van der Waals surface area contributed by atoms with E-state index in [1.54, 1.807) is 5.43 Å². The van der Waals surface area contributed by atoms with Crippen LogP contribution >= 0.6 is 0 Å². The largest absolute Gasteiger partial charge is 0.416 e. The van der Waals surface area contributed by atoms with Crippen LogP contribution in [0.15, 0.2) is 36.7 Å². The summed E-state index contributed by atoms with van der Waals surface area (Å²) in [5.41, 5.74) is 1.50. The van der Waals surface area contributed by atoms with Crippen molar-refractivity contribution in [3.8, 4) is 0 Å². The maximum absolute atomic E-state index is 13.4. The minimum atomic E-state index is -4.52. The Morgan fingerprint density at radius 2 is 1.67 bits per heavy atom. The van der Waals surface area contributed by atoms with Crippen LogP contribution in [0, 0.1) is 0 Å². The average Bonchev–Trinajstić information content (AvgIpc) is 2.68. The first-order valence-corrected chi connectivity index (χ1v) is 8.78. The Morgan fingerprint density at radius 3 is 2.20 bits per heavy atom. The molecule has 0 saturated heterocycles. The van der Waals surface area contributed by atoms with Crippen molar-refractivity contribution in [1.82, 2.24) is 20.8 Å². The smallest absolute Gasteiger partial charge is 0.345 e. The molecule has 2 amide bonds. The minimum Gasteiger partial charge on any atom is -0.345 e. The van der Waals surface area contributed by atoms with Gasteiger partial charge in [-0.1, -0.05) is 18.2 Å². The lowest BCUT2D eigenvalue weighted by Crippen LogP contribution is -2.45. The molecule has 0 radical (unpaired) electrons. The average molecular weight is 429 g/mol. The summed E-state index contributed by atoms with van der Waals surface area (Å²) < 4.78 is 64.5. The van der Waals surface area contributed by atoms with E-state index in [4.69, 9.17) is 0 Å². The number of benzene rings is 1. The number of alkyl halides is 5. The number of anilines is 1. The van der Waals surface area contributed by atoms with E-state index in [0.29, 0.717) is 19.3 Å². The van der Waals surface area contributed by atoms with E-state index in [1.165, 1.54) is 23.6 Å². The van der Waals surface area contributed by atoms with Gasteiger partial charge >= 0.3 is 18.5 Å². The molecule has 1 aromatic heterocycles. The second kappa shape index (κ2) is 8.20. The fraction of sp³-hybridized carbons (Fsp3) is 0.333. The molecule has 1 saturated carbocycles. The molecule has 0 bridgehead atoms. The number of nitrogens with zero attached hydrogens (tertiary/aromatic N) is 2. The van der Waals surface area contributed by atoms with Gasteiger partial charge in [0.25, 0.3) is 5.91 Å². The van der Waals surface area contributed by atoms with Crippen LogP contribution in [-0.2, 0) is 16.5 Å². The number of rotatable bonds is 5. The van der Waals surface area contributed by atoms with Crippen LogP contribution in [0.4, 0.5) is 27.9 Å². The van der Waals surface area contributed by atoms with E-state index < -0.39 is 35.5 Å². The summed E-state index contributed by atoms with van der Waals surface area (Å²) in [5.74, 6) is -2.62. The Balaban J connectivity index is 1.75. The minimum absolute atomic E-state index is 0.000145. The highest BCUT2D eigenvalue weighted by Crippen LogP contribution is 2.47. The number of aromatic nitrogens is 2. The van der Waals surface area contributed by atoms with Crippen molar-refractivity contribution in [3.63, 3.8) is 0 Å². The van der Waals surface area contributed by atoms with Crippen molar-refractivity contribution < 1.29 is 31.5 Å². The first-order valence-electron chi connectivity index (χ1n) is 8.78. The number of halogens is 5. The number of hydrazine groups is 1. The van der Waals surface area contributed by atoms with Gasteiger partial charge in [0.1, 0.15) is 0 Å². The van der Waals surface area contributed by atoms with Gasteiger partial charge in [0.15, 0.2) is 0 Å². The molecule has 2 aromatic rings. The summed E-state index contributed by atoms with van der Waals surface area (Å²) >= 11 is 0. The summed E-state index contributed by atoms with van der Waals surface area (Å²) in [6, 6.07) is 5.26. The van der Waals surface area contributed by atoms with Crippen LogP contribution in [0.1, 0.15) is 40.7 Å². The van der Waals surface area contributed by atoms with Gasteiger partial charge in [-0.25, -0.2) is 9.97 Å². The Labute approximate surface area is 167 Å². The van der Waals surface area contributed by atoms with E-state index in [0.717, 1.165) is 18.5 Å². The van der Waals surface area contributed by atoms with Crippen LogP contribution in [0.3, 0.4) is 0 Å². The van der Waals surface area contributed by atoms with Gasteiger partial charge in [0.2, 0.25) is 5.95 Å². The molecule has 3 rings (SSSR count). The maximum atomic E-state index is 13.4. The van der Waals surface area contributed by atoms with Gasteiger partial charge in [0.05, 0.1) is 16.7 Å². The second-order valence-electron chi connectivity index (χ2n) is 6.64. The predicted octanol–water partition coefficient (Wildman–Crippen LogP) is 3.01. The van der Waals surface area contributed by atoms with Crippen molar-refractivity contribution >= 4 is 17.8 Å². The Hall–Kier alpha value is -3.31. The highest BCUT2D eigenvalue weighted by atomic mass is 19.4. The molecule has 12 heteroatoms. The van der Waals surface area contributed by atoms with E-state index >= 15 is 0 Å². The molecular formula is C18H16F5N5O2. The molecule has 160 valence electrons. The molecule has 0 spiro atoms. The zero-order chi connectivity index (χ0) is 21.9. The molecular weight excluding hydrogens is 413 g/mol. The van der Waals surface area contributed by atoms with Crippen molar-refractivity contribution in [2.45, 2.75) is 37.4 Å². The monoisotopic (exact) mass is 429 g/mol. The first kappa shape index (κ1) is 21.4. The molecule has 1 aromatic carbocycles. The third-order valence-corrected chi connectivity index (χ3v) is 4.72. The SMILES string of the molecule is O=C(NNC(=O)C(F)F)c1cnc(NC2(c3ccccc3C(F)(F)F)CCC2)nc1. The van der Waals surface area contributed by atoms with Crippen LogP contribution < -0.4 is 16.2 Å².